The molecule has 14 heavy (non-hydrogen) atoms. The van der Waals surface area contributed by atoms with Crippen molar-refractivity contribution in [2.45, 2.75) is 19.9 Å². The summed E-state index contributed by atoms with van der Waals surface area (Å²) in [5, 5.41) is 0. The van der Waals surface area contributed by atoms with Crippen LogP contribution in [-0.2, 0) is 17.4 Å². The third-order valence-electron chi connectivity index (χ3n) is 1.39. The van der Waals surface area contributed by atoms with E-state index >= 15 is 0 Å². The minimum Gasteiger partial charge on any atom is -0.726 e. The lowest BCUT2D eigenvalue weighted by Gasteiger charge is -1.95. The monoisotopic (exact) mass is 222 g/mol. The standard InChI is InChI=1S/C7H13N2.H2O4S/c1-7(2)9-5-4-8(3)6-9;1-5(2,3)4/h4-7H,1-3H3;(H2,1,2,3,4)/q+1;/p-1. The van der Waals surface area contributed by atoms with Gasteiger partial charge in [0, 0.05) is 0 Å². The van der Waals surface area contributed by atoms with Crippen LogP contribution in [0.25, 0.3) is 0 Å². The van der Waals surface area contributed by atoms with Gasteiger partial charge in [0.1, 0.15) is 12.4 Å². The molecule has 6 nitrogen and oxygen atoms in total. The molecule has 0 aliphatic rings. The Balaban J connectivity index is 0.000000292. The van der Waals surface area contributed by atoms with Crippen LogP contribution in [-0.4, -0.2) is 22.1 Å². The minimum absolute atomic E-state index is 0.575. The molecule has 7 heteroatoms. The molecule has 0 atom stereocenters. The van der Waals surface area contributed by atoms with Crippen LogP contribution in [0.1, 0.15) is 19.9 Å². The molecule has 1 N–H and O–H groups in total. The smallest absolute Gasteiger partial charge is 0.243 e. The Labute approximate surface area is 83.4 Å². The highest BCUT2D eigenvalue weighted by Gasteiger charge is 2.01. The first kappa shape index (κ1) is 13.1. The van der Waals surface area contributed by atoms with E-state index in [-0.39, 0.29) is 0 Å². The normalized spacial score (nSPS) is 11.0. The molecular weight excluding hydrogens is 208 g/mol. The summed E-state index contributed by atoms with van der Waals surface area (Å²) in [4.78, 5) is 0. The van der Waals surface area contributed by atoms with Crippen LogP contribution in [0.15, 0.2) is 18.7 Å². The van der Waals surface area contributed by atoms with Crippen molar-refractivity contribution in [1.82, 2.24) is 4.57 Å². The fourth-order valence-corrected chi connectivity index (χ4v) is 0.775. The Morgan fingerprint density at radius 2 is 1.93 bits per heavy atom. The van der Waals surface area contributed by atoms with Crippen LogP contribution in [0.4, 0.5) is 0 Å². The number of hydrogen-bond donors (Lipinski definition) is 1. The van der Waals surface area contributed by atoms with Gasteiger partial charge < -0.3 is 4.55 Å². The zero-order chi connectivity index (χ0) is 11.4. The van der Waals surface area contributed by atoms with E-state index in [4.69, 9.17) is 17.5 Å². The van der Waals surface area contributed by atoms with Crippen LogP contribution in [0.3, 0.4) is 0 Å². The summed E-state index contributed by atoms with van der Waals surface area (Å²) in [5.41, 5.74) is 0. The Bertz CT molecular complexity index is 361. The largest absolute Gasteiger partial charge is 0.726 e. The van der Waals surface area contributed by atoms with Crippen molar-refractivity contribution < 1.29 is 22.1 Å². The summed E-state index contributed by atoms with van der Waals surface area (Å²) in [6.45, 7) is 4.33. The summed E-state index contributed by atoms with van der Waals surface area (Å²) >= 11 is 0. The van der Waals surface area contributed by atoms with Gasteiger partial charge in [-0.15, -0.1) is 0 Å². The van der Waals surface area contributed by atoms with Gasteiger partial charge >= 0.3 is 0 Å². The van der Waals surface area contributed by atoms with Crippen LogP contribution in [0, 0.1) is 0 Å². The average molecular weight is 222 g/mol. The molecule has 1 rings (SSSR count). The van der Waals surface area contributed by atoms with Crippen molar-refractivity contribution in [3.05, 3.63) is 18.7 Å². The fraction of sp³-hybridized carbons (Fsp3) is 0.571. The Kier molecular flexibility index (Phi) is 4.75. The zero-order valence-corrected chi connectivity index (χ0v) is 9.10. The SMILES string of the molecule is CC(C)[n+]1ccn(C)c1.O=S(=O)([O-])O. The molecule has 0 aliphatic carbocycles. The van der Waals surface area contributed by atoms with Gasteiger partial charge in [-0.25, -0.2) is 17.6 Å². The highest BCUT2D eigenvalue weighted by Crippen LogP contribution is 1.89. The Morgan fingerprint density at radius 3 is 2.07 bits per heavy atom. The Hall–Kier alpha value is -0.920. The predicted molar refractivity (Wildman–Crippen MR) is 48.3 cm³/mol. The third-order valence-corrected chi connectivity index (χ3v) is 1.39. The van der Waals surface area contributed by atoms with Gasteiger partial charge in [0.2, 0.25) is 16.7 Å². The molecular formula is C7H14N2O4S. The number of nitrogens with zero attached hydrogens (tertiary/aromatic N) is 2. The molecule has 1 aromatic heterocycles. The number of hydrogen-bond acceptors (Lipinski definition) is 3. The van der Waals surface area contributed by atoms with E-state index in [1.807, 2.05) is 17.8 Å². The minimum atomic E-state index is -4.92. The molecule has 0 saturated heterocycles. The molecule has 0 fully saturated rings. The molecule has 0 spiro atoms. The topological polar surface area (TPSA) is 86.2 Å². The van der Waals surface area contributed by atoms with Crippen LogP contribution in [0.5, 0.6) is 0 Å². The van der Waals surface area contributed by atoms with Gasteiger partial charge in [-0.2, -0.15) is 0 Å². The van der Waals surface area contributed by atoms with E-state index in [1.165, 1.54) is 0 Å². The maximum Gasteiger partial charge on any atom is 0.243 e. The van der Waals surface area contributed by atoms with Crippen LogP contribution < -0.4 is 4.57 Å². The lowest BCUT2D eigenvalue weighted by molar-refractivity contribution is -0.715. The maximum absolute atomic E-state index is 8.63. The second-order valence-electron chi connectivity index (χ2n) is 3.05. The molecule has 0 saturated carbocycles. The van der Waals surface area contributed by atoms with E-state index in [0.717, 1.165) is 0 Å². The summed E-state index contributed by atoms with van der Waals surface area (Å²) < 4.78 is 37.0. The molecule has 0 aromatic carbocycles. The third kappa shape index (κ3) is 7.71. The molecule has 0 unspecified atom stereocenters. The van der Waals surface area contributed by atoms with Crippen molar-refractivity contribution in [3.63, 3.8) is 0 Å². The van der Waals surface area contributed by atoms with Gasteiger partial charge in [-0.1, -0.05) is 0 Å². The fourth-order valence-electron chi connectivity index (χ4n) is 0.775. The van der Waals surface area contributed by atoms with Crippen molar-refractivity contribution in [2.24, 2.45) is 7.05 Å². The van der Waals surface area contributed by atoms with Crippen molar-refractivity contribution in [1.29, 1.82) is 0 Å². The van der Waals surface area contributed by atoms with E-state index in [0.29, 0.717) is 6.04 Å². The van der Waals surface area contributed by atoms with E-state index in [1.54, 1.807) is 0 Å². The van der Waals surface area contributed by atoms with E-state index in [9.17, 15) is 0 Å². The van der Waals surface area contributed by atoms with Crippen molar-refractivity contribution >= 4 is 10.4 Å². The molecule has 0 amide bonds. The van der Waals surface area contributed by atoms with Crippen LogP contribution >= 0.6 is 0 Å². The number of rotatable bonds is 1. The second kappa shape index (κ2) is 5.08. The summed E-state index contributed by atoms with van der Waals surface area (Å²) in [5.74, 6) is 0. The number of aryl methyl sites for hydroxylation is 1. The first-order valence-corrected chi connectivity index (χ1v) is 5.27. The Morgan fingerprint density at radius 1 is 1.50 bits per heavy atom. The van der Waals surface area contributed by atoms with Gasteiger partial charge in [0.15, 0.2) is 0 Å². The number of imidazole rings is 1. The van der Waals surface area contributed by atoms with Gasteiger partial charge in [0.25, 0.3) is 0 Å². The molecule has 82 valence electrons. The molecule has 0 aliphatic heterocycles. The van der Waals surface area contributed by atoms with Gasteiger partial charge in [-0.05, 0) is 13.8 Å². The predicted octanol–water partition coefficient (Wildman–Crippen LogP) is -0.102. The summed E-state index contributed by atoms with van der Waals surface area (Å²) in [6.07, 6.45) is 6.19. The molecule has 0 bridgehead atoms. The molecule has 1 aromatic rings. The lowest BCUT2D eigenvalue weighted by Crippen LogP contribution is -2.33. The van der Waals surface area contributed by atoms with Gasteiger partial charge in [0.05, 0.1) is 13.1 Å². The van der Waals surface area contributed by atoms with Gasteiger partial charge in [-0.3, -0.25) is 4.55 Å². The van der Waals surface area contributed by atoms with Crippen molar-refractivity contribution in [3.8, 4) is 0 Å². The van der Waals surface area contributed by atoms with E-state index in [2.05, 4.69) is 30.9 Å². The molecule has 1 heterocycles. The maximum atomic E-state index is 8.63. The quantitative estimate of drug-likeness (QED) is 0.408. The lowest BCUT2D eigenvalue weighted by atomic mass is 10.4. The summed E-state index contributed by atoms with van der Waals surface area (Å²) in [7, 11) is -2.89. The zero-order valence-electron chi connectivity index (χ0n) is 8.28. The number of aromatic nitrogens is 2. The first-order valence-electron chi connectivity index (χ1n) is 3.91. The van der Waals surface area contributed by atoms with Crippen molar-refractivity contribution in [2.75, 3.05) is 0 Å². The average Bonchev–Trinajstić information content (AvgIpc) is 2.31. The first-order chi connectivity index (χ1) is 6.20. The second-order valence-corrected chi connectivity index (χ2v) is 3.90. The summed E-state index contributed by atoms with van der Waals surface area (Å²) in [6, 6.07) is 0.575. The highest BCUT2D eigenvalue weighted by molar-refractivity contribution is 7.79. The highest BCUT2D eigenvalue weighted by atomic mass is 32.3. The van der Waals surface area contributed by atoms with E-state index < -0.39 is 10.4 Å². The molecule has 0 radical (unpaired) electrons. The van der Waals surface area contributed by atoms with Crippen LogP contribution in [0.2, 0.25) is 0 Å².